The van der Waals surface area contributed by atoms with E-state index in [1.54, 1.807) is 6.92 Å². The lowest BCUT2D eigenvalue weighted by molar-refractivity contribution is 0.242. The van der Waals surface area contributed by atoms with Crippen molar-refractivity contribution in [1.29, 1.82) is 0 Å². The molecule has 2 amide bonds. The third-order valence-electron chi connectivity index (χ3n) is 1.17. The molecular weight excluding hydrogens is 154 g/mol. The number of carbonyl (C=O) groups excluding carboxylic acids is 1. The van der Waals surface area contributed by atoms with Crippen LogP contribution >= 0.6 is 0 Å². The summed E-state index contributed by atoms with van der Waals surface area (Å²) in [5.41, 5.74) is 0.650. The highest BCUT2D eigenvalue weighted by atomic mass is 16.2. The van der Waals surface area contributed by atoms with Gasteiger partial charge >= 0.3 is 6.03 Å². The summed E-state index contributed by atoms with van der Waals surface area (Å²) in [6, 6.07) is -0.190. The van der Waals surface area contributed by atoms with Crippen molar-refractivity contribution in [3.63, 3.8) is 0 Å². The number of urea groups is 1. The van der Waals surface area contributed by atoms with Crippen molar-refractivity contribution in [2.45, 2.75) is 6.92 Å². The third kappa shape index (κ3) is 7.08. The summed E-state index contributed by atoms with van der Waals surface area (Å²) in [7, 11) is 3.91. The molecule has 4 heteroatoms. The molecule has 0 fully saturated rings. The third-order valence-corrected chi connectivity index (χ3v) is 1.17. The van der Waals surface area contributed by atoms with E-state index in [0.717, 1.165) is 6.54 Å². The maximum atomic E-state index is 10.9. The molecule has 0 aromatic carbocycles. The van der Waals surface area contributed by atoms with E-state index in [4.69, 9.17) is 0 Å². The Hall–Kier alpha value is -1.03. The fourth-order valence-corrected chi connectivity index (χ4v) is 0.631. The standard InChI is InChI=1S/C8H17N3O/c1-7(2)10-8(12)9-5-6-11(3)4/h1,5-6H2,2-4H3,(H2,9,10,12). The van der Waals surface area contributed by atoms with Gasteiger partial charge in [0.25, 0.3) is 0 Å². The Kier molecular flexibility index (Phi) is 5.12. The highest BCUT2D eigenvalue weighted by Gasteiger charge is 1.97. The fourth-order valence-electron chi connectivity index (χ4n) is 0.631. The van der Waals surface area contributed by atoms with E-state index in [-0.39, 0.29) is 6.03 Å². The van der Waals surface area contributed by atoms with E-state index in [1.165, 1.54) is 0 Å². The summed E-state index contributed by atoms with van der Waals surface area (Å²) in [5, 5.41) is 5.25. The molecule has 0 spiro atoms. The lowest BCUT2D eigenvalue weighted by Crippen LogP contribution is -2.37. The molecule has 0 atom stereocenters. The van der Waals surface area contributed by atoms with Crippen LogP contribution in [-0.4, -0.2) is 38.1 Å². The monoisotopic (exact) mass is 171 g/mol. The number of likely N-dealkylation sites (N-methyl/N-ethyl adjacent to an activating group) is 1. The van der Waals surface area contributed by atoms with Crippen molar-refractivity contribution in [3.8, 4) is 0 Å². The number of amides is 2. The van der Waals surface area contributed by atoms with Crippen molar-refractivity contribution in [1.82, 2.24) is 15.5 Å². The average Bonchev–Trinajstić information content (AvgIpc) is 1.84. The smallest absolute Gasteiger partial charge is 0.318 e. The second kappa shape index (κ2) is 5.60. The normalized spacial score (nSPS) is 9.67. The summed E-state index contributed by atoms with van der Waals surface area (Å²) >= 11 is 0. The van der Waals surface area contributed by atoms with Crippen molar-refractivity contribution in [3.05, 3.63) is 12.3 Å². The molecule has 0 heterocycles. The summed E-state index contributed by atoms with van der Waals surface area (Å²) in [4.78, 5) is 12.9. The molecule has 12 heavy (non-hydrogen) atoms. The van der Waals surface area contributed by atoms with Gasteiger partial charge in [-0.2, -0.15) is 0 Å². The highest BCUT2D eigenvalue weighted by Crippen LogP contribution is 1.77. The first-order valence-corrected chi connectivity index (χ1v) is 3.87. The predicted molar refractivity (Wildman–Crippen MR) is 49.9 cm³/mol. The van der Waals surface area contributed by atoms with E-state index in [0.29, 0.717) is 12.2 Å². The molecule has 0 aliphatic heterocycles. The van der Waals surface area contributed by atoms with Gasteiger partial charge in [0.2, 0.25) is 0 Å². The molecule has 4 nitrogen and oxygen atoms in total. The Bertz CT molecular complexity index is 166. The van der Waals surface area contributed by atoms with Gasteiger partial charge in [0.15, 0.2) is 0 Å². The minimum absolute atomic E-state index is 0.190. The van der Waals surface area contributed by atoms with Crippen molar-refractivity contribution >= 4 is 6.03 Å². The van der Waals surface area contributed by atoms with Gasteiger partial charge in [-0.25, -0.2) is 4.79 Å². The Morgan fingerprint density at radius 3 is 2.50 bits per heavy atom. The number of nitrogens with zero attached hydrogens (tertiary/aromatic N) is 1. The molecule has 0 aromatic rings. The molecular formula is C8H17N3O. The molecule has 0 saturated carbocycles. The van der Waals surface area contributed by atoms with Gasteiger partial charge in [-0.15, -0.1) is 0 Å². The predicted octanol–water partition coefficient (Wildman–Crippen LogP) is 0.381. The number of carbonyl (C=O) groups is 1. The molecule has 0 radical (unpaired) electrons. The number of rotatable bonds is 4. The molecule has 0 unspecified atom stereocenters. The molecule has 70 valence electrons. The Balaban J connectivity index is 3.38. The number of hydrogen-bond donors (Lipinski definition) is 2. The van der Waals surface area contributed by atoms with Crippen LogP contribution in [0.5, 0.6) is 0 Å². The van der Waals surface area contributed by atoms with Crippen LogP contribution in [0.3, 0.4) is 0 Å². The topological polar surface area (TPSA) is 44.4 Å². The zero-order chi connectivity index (χ0) is 9.56. The molecule has 0 bridgehead atoms. The zero-order valence-electron chi connectivity index (χ0n) is 7.98. The molecule has 0 aliphatic carbocycles. The van der Waals surface area contributed by atoms with Gasteiger partial charge in [0.05, 0.1) is 0 Å². The second-order valence-electron chi connectivity index (χ2n) is 2.96. The van der Waals surface area contributed by atoms with Gasteiger partial charge in [-0.05, 0) is 21.0 Å². The second-order valence-corrected chi connectivity index (χ2v) is 2.96. The molecule has 0 rings (SSSR count). The van der Waals surface area contributed by atoms with Crippen molar-refractivity contribution in [2.24, 2.45) is 0 Å². The van der Waals surface area contributed by atoms with Crippen molar-refractivity contribution < 1.29 is 4.79 Å². The Morgan fingerprint density at radius 2 is 2.08 bits per heavy atom. The fraction of sp³-hybridized carbons (Fsp3) is 0.625. The average molecular weight is 171 g/mol. The first-order valence-electron chi connectivity index (χ1n) is 3.87. The SMILES string of the molecule is C=C(C)NC(=O)NCCN(C)C. The van der Waals surface area contributed by atoms with E-state index in [2.05, 4.69) is 17.2 Å². The minimum Gasteiger partial charge on any atom is -0.337 e. The summed E-state index contributed by atoms with van der Waals surface area (Å²) < 4.78 is 0. The van der Waals surface area contributed by atoms with Crippen LogP contribution in [0.25, 0.3) is 0 Å². The largest absolute Gasteiger partial charge is 0.337 e. The minimum atomic E-state index is -0.190. The maximum Gasteiger partial charge on any atom is 0.318 e. The number of allylic oxidation sites excluding steroid dienone is 1. The van der Waals surface area contributed by atoms with Crippen LogP contribution in [0.1, 0.15) is 6.92 Å². The zero-order valence-corrected chi connectivity index (χ0v) is 7.98. The molecule has 0 aliphatic rings. The first kappa shape index (κ1) is 11.0. The van der Waals surface area contributed by atoms with Crippen LogP contribution in [0.4, 0.5) is 4.79 Å². The summed E-state index contributed by atoms with van der Waals surface area (Å²) in [6.07, 6.45) is 0. The first-order chi connectivity index (χ1) is 5.52. The van der Waals surface area contributed by atoms with Gasteiger partial charge in [0, 0.05) is 18.8 Å². The van der Waals surface area contributed by atoms with Crippen molar-refractivity contribution in [2.75, 3.05) is 27.2 Å². The molecule has 0 saturated heterocycles. The lowest BCUT2D eigenvalue weighted by Gasteiger charge is -2.10. The molecule has 0 aromatic heterocycles. The van der Waals surface area contributed by atoms with E-state index >= 15 is 0 Å². The van der Waals surface area contributed by atoms with Crippen LogP contribution < -0.4 is 10.6 Å². The van der Waals surface area contributed by atoms with Gasteiger partial charge < -0.3 is 15.5 Å². The Labute approximate surface area is 73.6 Å². The highest BCUT2D eigenvalue weighted by molar-refractivity contribution is 5.75. The van der Waals surface area contributed by atoms with E-state index < -0.39 is 0 Å². The maximum absolute atomic E-state index is 10.9. The quantitative estimate of drug-likeness (QED) is 0.642. The van der Waals surface area contributed by atoms with Gasteiger partial charge in [-0.1, -0.05) is 6.58 Å². The van der Waals surface area contributed by atoms with Crippen LogP contribution in [0.15, 0.2) is 12.3 Å². The summed E-state index contributed by atoms with van der Waals surface area (Å²) in [6.45, 7) is 6.78. The Morgan fingerprint density at radius 1 is 1.50 bits per heavy atom. The van der Waals surface area contributed by atoms with Crippen LogP contribution in [0, 0.1) is 0 Å². The van der Waals surface area contributed by atoms with E-state index in [9.17, 15) is 4.79 Å². The summed E-state index contributed by atoms with van der Waals surface area (Å²) in [5.74, 6) is 0. The molecule has 2 N–H and O–H groups in total. The number of hydrogen-bond acceptors (Lipinski definition) is 2. The van der Waals surface area contributed by atoms with E-state index in [1.807, 2.05) is 19.0 Å². The van der Waals surface area contributed by atoms with Gasteiger partial charge in [-0.3, -0.25) is 0 Å². The van der Waals surface area contributed by atoms with Crippen LogP contribution in [0.2, 0.25) is 0 Å². The van der Waals surface area contributed by atoms with Crippen LogP contribution in [-0.2, 0) is 0 Å². The van der Waals surface area contributed by atoms with Gasteiger partial charge in [0.1, 0.15) is 0 Å². The number of nitrogens with one attached hydrogen (secondary N) is 2. The lowest BCUT2D eigenvalue weighted by atomic mass is 10.5.